The normalized spacial score (nSPS) is 11.5. The first-order valence-electron chi connectivity index (χ1n) is 16.4. The molecule has 49 heavy (non-hydrogen) atoms. The van der Waals surface area contributed by atoms with Crippen molar-refractivity contribution in [2.45, 2.75) is 13.8 Å². The lowest BCUT2D eigenvalue weighted by Crippen LogP contribution is -1.94. The van der Waals surface area contributed by atoms with E-state index in [9.17, 15) is 0 Å². The highest BCUT2D eigenvalue weighted by molar-refractivity contribution is 6.19. The Morgan fingerprint density at radius 1 is 0.388 bits per heavy atom. The van der Waals surface area contributed by atoms with E-state index in [-0.39, 0.29) is 0 Å². The molecule has 0 radical (unpaired) electrons. The summed E-state index contributed by atoms with van der Waals surface area (Å²) in [6, 6.07) is 37.4. The predicted octanol–water partition coefficient (Wildman–Crippen LogP) is 10.8. The number of para-hydroxylation sites is 1. The number of pyridine rings is 4. The molecule has 0 unspecified atom stereocenters. The topological polar surface area (TPSA) is 56.5 Å². The van der Waals surface area contributed by atoms with Crippen molar-refractivity contribution in [2.75, 3.05) is 0 Å². The molecule has 4 aromatic carbocycles. The van der Waals surface area contributed by atoms with Gasteiger partial charge in [-0.25, -0.2) is 0 Å². The second-order valence-corrected chi connectivity index (χ2v) is 12.7. The first kappa shape index (κ1) is 28.7. The summed E-state index contributed by atoms with van der Waals surface area (Å²) in [4.78, 5) is 18.0. The lowest BCUT2D eigenvalue weighted by molar-refractivity contribution is 1.19. The van der Waals surface area contributed by atoms with Crippen LogP contribution in [0.2, 0.25) is 0 Å². The molecule has 0 spiro atoms. The minimum atomic E-state index is 1.05. The fourth-order valence-electron chi connectivity index (χ4n) is 6.98. The van der Waals surface area contributed by atoms with Crippen LogP contribution in [0.4, 0.5) is 0 Å². The zero-order valence-electron chi connectivity index (χ0n) is 27.2. The van der Waals surface area contributed by atoms with Gasteiger partial charge >= 0.3 is 0 Å². The van der Waals surface area contributed by atoms with Gasteiger partial charge in [0.2, 0.25) is 0 Å². The van der Waals surface area contributed by atoms with Gasteiger partial charge < -0.3 is 4.57 Å². The molecule has 0 atom stereocenters. The summed E-state index contributed by atoms with van der Waals surface area (Å²) in [5.74, 6) is 0. The van der Waals surface area contributed by atoms with E-state index in [0.717, 1.165) is 66.8 Å². The smallest absolute Gasteiger partial charge is 0.0619 e. The average Bonchev–Trinajstić information content (AvgIpc) is 3.49. The number of aromatic nitrogens is 5. The van der Waals surface area contributed by atoms with Gasteiger partial charge in [0.05, 0.1) is 11.0 Å². The van der Waals surface area contributed by atoms with Crippen molar-refractivity contribution in [3.63, 3.8) is 0 Å². The zero-order valence-corrected chi connectivity index (χ0v) is 27.2. The van der Waals surface area contributed by atoms with Crippen LogP contribution in [0.15, 0.2) is 153 Å². The van der Waals surface area contributed by atoms with Gasteiger partial charge in [-0.05, 0) is 90.0 Å². The first-order valence-corrected chi connectivity index (χ1v) is 16.4. The quantitative estimate of drug-likeness (QED) is 0.190. The molecule has 9 aromatic rings. The summed E-state index contributed by atoms with van der Waals surface area (Å²) in [5.41, 5.74) is 14.3. The van der Waals surface area contributed by atoms with Crippen molar-refractivity contribution in [3.8, 4) is 50.2 Å². The first-order chi connectivity index (χ1) is 24.1. The molecule has 0 saturated carbocycles. The number of nitrogens with zero attached hydrogens (tertiary/aromatic N) is 5. The summed E-state index contributed by atoms with van der Waals surface area (Å²) >= 11 is 0. The molecule has 5 heterocycles. The van der Waals surface area contributed by atoms with Crippen molar-refractivity contribution in [1.29, 1.82) is 0 Å². The number of benzene rings is 4. The van der Waals surface area contributed by atoms with E-state index in [0.29, 0.717) is 0 Å². The second kappa shape index (κ2) is 11.7. The van der Waals surface area contributed by atoms with E-state index >= 15 is 0 Å². The second-order valence-electron chi connectivity index (χ2n) is 12.7. The van der Waals surface area contributed by atoms with E-state index in [1.807, 2.05) is 49.6 Å². The van der Waals surface area contributed by atoms with Crippen molar-refractivity contribution < 1.29 is 0 Å². The van der Waals surface area contributed by atoms with Crippen LogP contribution in [0.5, 0.6) is 0 Å². The Kier molecular flexibility index (Phi) is 6.83. The third kappa shape index (κ3) is 5.13. The number of rotatable bonds is 5. The average molecular weight is 630 g/mol. The van der Waals surface area contributed by atoms with Gasteiger partial charge in [0.25, 0.3) is 0 Å². The van der Waals surface area contributed by atoms with Crippen LogP contribution in [0.3, 0.4) is 0 Å². The van der Waals surface area contributed by atoms with Crippen LogP contribution < -0.4 is 0 Å². The largest absolute Gasteiger partial charge is 0.309 e. The molecule has 0 bridgehead atoms. The van der Waals surface area contributed by atoms with E-state index in [2.05, 4.69) is 141 Å². The maximum Gasteiger partial charge on any atom is 0.0619 e. The lowest BCUT2D eigenvalue weighted by atomic mass is 9.98. The molecule has 0 aliphatic heterocycles. The molecule has 0 aliphatic rings. The summed E-state index contributed by atoms with van der Waals surface area (Å²) in [5, 5.41) is 4.81. The Morgan fingerprint density at radius 3 is 1.47 bits per heavy atom. The van der Waals surface area contributed by atoms with Crippen molar-refractivity contribution in [1.82, 2.24) is 24.5 Å². The molecule has 0 N–H and O–H groups in total. The zero-order chi connectivity index (χ0) is 32.9. The van der Waals surface area contributed by atoms with Gasteiger partial charge in [0.15, 0.2) is 0 Å². The highest BCUT2D eigenvalue weighted by Gasteiger charge is 2.17. The Balaban J connectivity index is 1.21. The van der Waals surface area contributed by atoms with Crippen molar-refractivity contribution >= 4 is 32.6 Å². The molecular formula is C44H31N5. The van der Waals surface area contributed by atoms with Gasteiger partial charge in [0, 0.05) is 105 Å². The molecule has 232 valence electrons. The van der Waals surface area contributed by atoms with Crippen LogP contribution in [0.25, 0.3) is 82.8 Å². The Morgan fingerprint density at radius 2 is 0.878 bits per heavy atom. The Labute approximate surface area is 284 Å². The van der Waals surface area contributed by atoms with Crippen molar-refractivity contribution in [2.24, 2.45) is 0 Å². The van der Waals surface area contributed by atoms with Crippen LogP contribution in [0.1, 0.15) is 11.1 Å². The van der Waals surface area contributed by atoms with Crippen LogP contribution in [-0.2, 0) is 0 Å². The maximum absolute atomic E-state index is 4.63. The molecule has 5 heteroatoms. The Bertz CT molecular complexity index is 2690. The summed E-state index contributed by atoms with van der Waals surface area (Å²) < 4.78 is 2.41. The predicted molar refractivity (Wildman–Crippen MR) is 201 cm³/mol. The molecule has 0 aliphatic carbocycles. The molecule has 9 rings (SSSR count). The van der Waals surface area contributed by atoms with Crippen molar-refractivity contribution in [3.05, 3.63) is 164 Å². The lowest BCUT2D eigenvalue weighted by Gasteiger charge is -2.12. The molecule has 5 nitrogen and oxygen atoms in total. The van der Waals surface area contributed by atoms with Crippen LogP contribution >= 0.6 is 0 Å². The maximum atomic E-state index is 4.63. The van der Waals surface area contributed by atoms with Gasteiger partial charge in [-0.3, -0.25) is 19.9 Å². The fraction of sp³-hybridized carbons (Fsp3) is 0.0455. The molecule has 0 amide bonds. The highest BCUT2D eigenvalue weighted by atomic mass is 15.0. The number of hydrogen-bond donors (Lipinski definition) is 0. The minimum absolute atomic E-state index is 1.05. The number of aryl methyl sites for hydroxylation is 2. The number of hydrogen-bond acceptors (Lipinski definition) is 4. The standard InChI is InChI=1S/C44H31N5/c1-28-14-33(22-45-20-28)37-17-35(24-47-26-37)30-8-11-40-32(16-30)10-13-42-41-12-9-31(19-43(41)49(44(40)42)39-6-4-3-5-7-39)36-18-38(27-48-25-36)34-15-29(2)21-46-23-34/h3-27H,1-2H3. The van der Waals surface area contributed by atoms with Gasteiger partial charge in [-0.1, -0.05) is 54.6 Å². The van der Waals surface area contributed by atoms with E-state index < -0.39 is 0 Å². The monoisotopic (exact) mass is 629 g/mol. The van der Waals surface area contributed by atoms with Crippen LogP contribution in [0, 0.1) is 13.8 Å². The third-order valence-electron chi connectivity index (χ3n) is 9.32. The third-order valence-corrected chi connectivity index (χ3v) is 9.32. The fourth-order valence-corrected chi connectivity index (χ4v) is 6.98. The minimum Gasteiger partial charge on any atom is -0.309 e. The van der Waals surface area contributed by atoms with Crippen LogP contribution in [-0.4, -0.2) is 24.5 Å². The van der Waals surface area contributed by atoms with E-state index in [4.69, 9.17) is 0 Å². The number of fused-ring (bicyclic) bond motifs is 5. The summed E-state index contributed by atoms with van der Waals surface area (Å²) in [6.07, 6.45) is 15.2. The van der Waals surface area contributed by atoms with E-state index in [1.54, 1.807) is 0 Å². The summed E-state index contributed by atoms with van der Waals surface area (Å²) in [6.45, 7) is 4.13. The molecule has 0 fully saturated rings. The Hall–Kier alpha value is -6.46. The molecule has 5 aromatic heterocycles. The molecule has 0 saturated heterocycles. The SMILES string of the molecule is Cc1cncc(-c2cncc(-c3ccc4c(ccc5c6ccc(-c7cncc(-c8cncc(C)c8)c7)cc6n(-c6ccccc6)c45)c3)c2)c1. The van der Waals surface area contributed by atoms with Gasteiger partial charge in [0.1, 0.15) is 0 Å². The highest BCUT2D eigenvalue weighted by Crippen LogP contribution is 2.40. The van der Waals surface area contributed by atoms with Gasteiger partial charge in [-0.2, -0.15) is 0 Å². The van der Waals surface area contributed by atoms with Gasteiger partial charge in [-0.15, -0.1) is 0 Å². The van der Waals surface area contributed by atoms with E-state index in [1.165, 1.54) is 27.1 Å². The summed E-state index contributed by atoms with van der Waals surface area (Å²) in [7, 11) is 0. The molecular weight excluding hydrogens is 599 g/mol.